The number of halogens is 1. The van der Waals surface area contributed by atoms with E-state index in [1.807, 2.05) is 30.3 Å². The molecule has 22 heavy (non-hydrogen) atoms. The summed E-state index contributed by atoms with van der Waals surface area (Å²) in [6, 6.07) is 18.1. The largest absolute Gasteiger partial charge is 0.326 e. The first-order chi connectivity index (χ1) is 10.7. The van der Waals surface area contributed by atoms with Crippen LogP contribution in [-0.2, 0) is 11.2 Å². The molecule has 0 saturated heterocycles. The van der Waals surface area contributed by atoms with Gasteiger partial charge in [0.2, 0.25) is 5.91 Å². The first-order valence-corrected chi connectivity index (χ1v) is 8.33. The number of hydrogen-bond acceptors (Lipinski definition) is 2. The molecule has 116 valence electrons. The number of rotatable bonds is 8. The molecule has 3 nitrogen and oxygen atoms in total. The lowest BCUT2D eigenvalue weighted by Crippen LogP contribution is -2.22. The Kier molecular flexibility index (Phi) is 7.13. The Hall–Kier alpha value is -1.65. The molecule has 0 bridgehead atoms. The van der Waals surface area contributed by atoms with Crippen molar-refractivity contribution >= 4 is 27.5 Å². The second kappa shape index (κ2) is 9.38. The van der Waals surface area contributed by atoms with Crippen LogP contribution in [0.1, 0.15) is 18.4 Å². The molecule has 2 aromatic carbocycles. The van der Waals surface area contributed by atoms with E-state index >= 15 is 0 Å². The molecule has 0 heterocycles. The van der Waals surface area contributed by atoms with E-state index in [0.717, 1.165) is 29.5 Å². The van der Waals surface area contributed by atoms with Crippen molar-refractivity contribution in [3.05, 3.63) is 64.6 Å². The standard InChI is InChI=1S/C18H21BrN2O/c19-16-9-4-10-17(14-16)21-18(22)11-13-20-12-5-8-15-6-2-1-3-7-15/h1-4,6-7,9-10,14,20H,5,8,11-13H2,(H,21,22). The van der Waals surface area contributed by atoms with Crippen LogP contribution >= 0.6 is 15.9 Å². The maximum atomic E-state index is 11.8. The number of carbonyl (C=O) groups excluding carboxylic acids is 1. The highest BCUT2D eigenvalue weighted by atomic mass is 79.9. The fourth-order valence-corrected chi connectivity index (χ4v) is 2.58. The lowest BCUT2D eigenvalue weighted by Gasteiger charge is -2.07. The summed E-state index contributed by atoms with van der Waals surface area (Å²) in [5, 5.41) is 6.20. The van der Waals surface area contributed by atoms with Crippen LogP contribution in [0.2, 0.25) is 0 Å². The molecule has 0 aliphatic heterocycles. The van der Waals surface area contributed by atoms with Gasteiger partial charge in [-0.15, -0.1) is 0 Å². The predicted molar refractivity (Wildman–Crippen MR) is 95.0 cm³/mol. The van der Waals surface area contributed by atoms with Gasteiger partial charge in [0.25, 0.3) is 0 Å². The third-order valence-electron chi connectivity index (χ3n) is 3.30. The van der Waals surface area contributed by atoms with E-state index in [1.54, 1.807) is 0 Å². The minimum absolute atomic E-state index is 0.0358. The summed E-state index contributed by atoms with van der Waals surface area (Å²) in [5.74, 6) is 0.0358. The first-order valence-electron chi connectivity index (χ1n) is 7.54. The Labute approximate surface area is 140 Å². The van der Waals surface area contributed by atoms with Gasteiger partial charge in [0.1, 0.15) is 0 Å². The number of amides is 1. The fraction of sp³-hybridized carbons (Fsp3) is 0.278. The molecule has 0 atom stereocenters. The Morgan fingerprint density at radius 2 is 1.82 bits per heavy atom. The van der Waals surface area contributed by atoms with Gasteiger partial charge in [-0.05, 0) is 43.1 Å². The van der Waals surface area contributed by atoms with Crippen molar-refractivity contribution in [1.29, 1.82) is 0 Å². The average Bonchev–Trinajstić information content (AvgIpc) is 2.52. The third kappa shape index (κ3) is 6.41. The smallest absolute Gasteiger partial charge is 0.225 e. The number of carbonyl (C=O) groups is 1. The second-order valence-corrected chi connectivity index (χ2v) is 6.06. The molecule has 4 heteroatoms. The number of benzene rings is 2. The molecule has 1 amide bonds. The maximum absolute atomic E-state index is 11.8. The van der Waals surface area contributed by atoms with E-state index in [9.17, 15) is 4.79 Å². The van der Waals surface area contributed by atoms with E-state index < -0.39 is 0 Å². The molecule has 0 spiro atoms. The summed E-state index contributed by atoms with van der Waals surface area (Å²) in [4.78, 5) is 11.8. The normalized spacial score (nSPS) is 10.4. The Morgan fingerprint density at radius 3 is 2.59 bits per heavy atom. The van der Waals surface area contributed by atoms with Crippen LogP contribution < -0.4 is 10.6 Å². The molecule has 0 aliphatic rings. The van der Waals surface area contributed by atoms with Crippen molar-refractivity contribution in [2.45, 2.75) is 19.3 Å². The summed E-state index contributed by atoms with van der Waals surface area (Å²) < 4.78 is 0.962. The van der Waals surface area contributed by atoms with Crippen molar-refractivity contribution < 1.29 is 4.79 Å². The number of hydrogen-bond donors (Lipinski definition) is 2. The van der Waals surface area contributed by atoms with Crippen molar-refractivity contribution in [3.8, 4) is 0 Å². The van der Waals surface area contributed by atoms with Crippen molar-refractivity contribution in [2.24, 2.45) is 0 Å². The summed E-state index contributed by atoms with van der Waals surface area (Å²) in [6.45, 7) is 1.63. The van der Waals surface area contributed by atoms with Gasteiger partial charge in [0, 0.05) is 23.1 Å². The number of anilines is 1. The molecule has 2 N–H and O–H groups in total. The van der Waals surface area contributed by atoms with Crippen LogP contribution in [0, 0.1) is 0 Å². The summed E-state index contributed by atoms with van der Waals surface area (Å²) >= 11 is 3.39. The summed E-state index contributed by atoms with van der Waals surface area (Å²) in [6.07, 6.45) is 2.63. The van der Waals surface area contributed by atoms with Crippen molar-refractivity contribution in [1.82, 2.24) is 5.32 Å². The van der Waals surface area contributed by atoms with Gasteiger partial charge < -0.3 is 10.6 Å². The zero-order valence-electron chi connectivity index (χ0n) is 12.5. The first kappa shape index (κ1) is 16.7. The molecule has 0 unspecified atom stereocenters. The highest BCUT2D eigenvalue weighted by Crippen LogP contribution is 2.15. The highest BCUT2D eigenvalue weighted by Gasteiger charge is 2.02. The highest BCUT2D eigenvalue weighted by molar-refractivity contribution is 9.10. The van der Waals surface area contributed by atoms with Crippen LogP contribution in [0.5, 0.6) is 0 Å². The molecule has 0 aliphatic carbocycles. The van der Waals surface area contributed by atoms with Gasteiger partial charge in [-0.1, -0.05) is 52.3 Å². The topological polar surface area (TPSA) is 41.1 Å². The van der Waals surface area contributed by atoms with Gasteiger partial charge in [-0.3, -0.25) is 4.79 Å². The van der Waals surface area contributed by atoms with E-state index in [0.29, 0.717) is 13.0 Å². The van der Waals surface area contributed by atoms with Gasteiger partial charge >= 0.3 is 0 Å². The van der Waals surface area contributed by atoms with Gasteiger partial charge in [-0.2, -0.15) is 0 Å². The number of nitrogens with one attached hydrogen (secondary N) is 2. The molecule has 0 saturated carbocycles. The maximum Gasteiger partial charge on any atom is 0.225 e. The Bertz CT molecular complexity index is 587. The predicted octanol–water partition coefficient (Wildman–Crippen LogP) is 4.00. The molecule has 2 aromatic rings. The average molecular weight is 361 g/mol. The lowest BCUT2D eigenvalue weighted by molar-refractivity contribution is -0.116. The second-order valence-electron chi connectivity index (χ2n) is 5.15. The number of aryl methyl sites for hydroxylation is 1. The summed E-state index contributed by atoms with van der Waals surface area (Å²) in [7, 11) is 0. The molecule has 0 aromatic heterocycles. The zero-order chi connectivity index (χ0) is 15.6. The van der Waals surface area contributed by atoms with Gasteiger partial charge in [-0.25, -0.2) is 0 Å². The van der Waals surface area contributed by atoms with Crippen LogP contribution in [0.3, 0.4) is 0 Å². The Balaban J connectivity index is 1.56. The molecule has 0 radical (unpaired) electrons. The molecular weight excluding hydrogens is 340 g/mol. The lowest BCUT2D eigenvalue weighted by atomic mass is 10.1. The van der Waals surface area contributed by atoms with E-state index in [-0.39, 0.29) is 5.91 Å². The molecule has 2 rings (SSSR count). The zero-order valence-corrected chi connectivity index (χ0v) is 14.1. The quantitative estimate of drug-likeness (QED) is 0.698. The fourth-order valence-electron chi connectivity index (χ4n) is 2.18. The molecular formula is C18H21BrN2O. The SMILES string of the molecule is O=C(CCNCCCc1ccccc1)Nc1cccc(Br)c1. The van der Waals surface area contributed by atoms with Crippen molar-refractivity contribution in [3.63, 3.8) is 0 Å². The molecule has 0 fully saturated rings. The van der Waals surface area contributed by atoms with Crippen LogP contribution in [-0.4, -0.2) is 19.0 Å². The monoisotopic (exact) mass is 360 g/mol. The minimum atomic E-state index is 0.0358. The third-order valence-corrected chi connectivity index (χ3v) is 3.79. The minimum Gasteiger partial charge on any atom is -0.326 e. The Morgan fingerprint density at radius 1 is 1.00 bits per heavy atom. The van der Waals surface area contributed by atoms with Crippen LogP contribution in [0.4, 0.5) is 5.69 Å². The van der Waals surface area contributed by atoms with E-state index in [1.165, 1.54) is 5.56 Å². The van der Waals surface area contributed by atoms with Gasteiger partial charge in [0.15, 0.2) is 0 Å². The van der Waals surface area contributed by atoms with E-state index in [4.69, 9.17) is 0 Å². The summed E-state index contributed by atoms with van der Waals surface area (Å²) in [5.41, 5.74) is 2.18. The van der Waals surface area contributed by atoms with E-state index in [2.05, 4.69) is 50.8 Å². The van der Waals surface area contributed by atoms with Crippen LogP contribution in [0.25, 0.3) is 0 Å². The van der Waals surface area contributed by atoms with Crippen LogP contribution in [0.15, 0.2) is 59.1 Å². The van der Waals surface area contributed by atoms with Gasteiger partial charge in [0.05, 0.1) is 0 Å². The van der Waals surface area contributed by atoms with Crippen molar-refractivity contribution in [2.75, 3.05) is 18.4 Å².